The number of nitrogens with one attached hydrogen (secondary N) is 1. The van der Waals surface area contributed by atoms with Gasteiger partial charge in [0.2, 0.25) is 0 Å². The first kappa shape index (κ1) is 7.92. The molecule has 0 saturated carbocycles. The minimum Gasteiger partial charge on any atom is -0.368 e. The van der Waals surface area contributed by atoms with Crippen molar-refractivity contribution in [2.45, 2.75) is 6.42 Å². The van der Waals surface area contributed by atoms with Crippen LogP contribution in [0.25, 0.3) is 0 Å². The quantitative estimate of drug-likeness (QED) is 0.673. The minimum atomic E-state index is 0.928. The minimum absolute atomic E-state index is 0.928. The summed E-state index contributed by atoms with van der Waals surface area (Å²) in [7, 11) is 2.06. The Hall–Kier alpha value is -0.700. The number of hydrogen-bond acceptors (Lipinski definition) is 1. The van der Waals surface area contributed by atoms with Gasteiger partial charge in [-0.05, 0) is 22.4 Å². The van der Waals surface area contributed by atoms with Gasteiger partial charge >= 0.3 is 0 Å². The van der Waals surface area contributed by atoms with E-state index in [9.17, 15) is 0 Å². The van der Waals surface area contributed by atoms with Crippen molar-refractivity contribution in [2.24, 2.45) is 7.05 Å². The summed E-state index contributed by atoms with van der Waals surface area (Å²) >= 11 is 3.54. The van der Waals surface area contributed by atoms with Crippen LogP contribution in [0.4, 0.5) is 5.82 Å². The molecule has 2 heterocycles. The van der Waals surface area contributed by atoms with E-state index in [1.807, 2.05) is 0 Å². The zero-order valence-corrected chi connectivity index (χ0v) is 8.56. The summed E-state index contributed by atoms with van der Waals surface area (Å²) in [5, 5.41) is 3.36. The lowest BCUT2D eigenvalue weighted by atomic mass is 10.2. The molecule has 1 aliphatic rings. The summed E-state index contributed by atoms with van der Waals surface area (Å²) in [5.74, 6) is 1.23. The van der Waals surface area contributed by atoms with Gasteiger partial charge < -0.3 is 9.88 Å². The molecule has 0 saturated heterocycles. The SMILES string of the molecule is Cn1cc(Br)c2c1NCC=CC2. The van der Waals surface area contributed by atoms with E-state index in [1.165, 1.54) is 15.9 Å². The fraction of sp³-hybridized carbons (Fsp3) is 0.333. The zero-order chi connectivity index (χ0) is 8.55. The first-order valence-corrected chi connectivity index (χ1v) is 4.81. The third-order valence-electron chi connectivity index (χ3n) is 2.11. The maximum absolute atomic E-state index is 3.54. The van der Waals surface area contributed by atoms with Gasteiger partial charge in [0.25, 0.3) is 0 Å². The number of aromatic nitrogens is 1. The highest BCUT2D eigenvalue weighted by atomic mass is 79.9. The summed E-state index contributed by atoms with van der Waals surface area (Å²) in [6.45, 7) is 0.928. The molecule has 3 heteroatoms. The maximum atomic E-state index is 3.54. The second kappa shape index (κ2) is 2.98. The summed E-state index contributed by atoms with van der Waals surface area (Å²) in [6.07, 6.45) is 7.47. The third kappa shape index (κ3) is 1.18. The van der Waals surface area contributed by atoms with Crippen LogP contribution in [-0.4, -0.2) is 11.1 Å². The van der Waals surface area contributed by atoms with Crippen LogP contribution in [0.2, 0.25) is 0 Å². The molecule has 1 aromatic heterocycles. The molecule has 1 aliphatic heterocycles. The Bertz CT molecular complexity index is 326. The number of aryl methyl sites for hydroxylation is 1. The summed E-state index contributed by atoms with van der Waals surface area (Å²) in [4.78, 5) is 0. The van der Waals surface area contributed by atoms with Gasteiger partial charge in [-0.2, -0.15) is 0 Å². The highest BCUT2D eigenvalue weighted by Crippen LogP contribution is 2.28. The molecule has 2 rings (SSSR count). The molecule has 12 heavy (non-hydrogen) atoms. The predicted molar refractivity (Wildman–Crippen MR) is 54.4 cm³/mol. The fourth-order valence-electron chi connectivity index (χ4n) is 1.50. The van der Waals surface area contributed by atoms with Gasteiger partial charge in [-0.15, -0.1) is 0 Å². The van der Waals surface area contributed by atoms with Gasteiger partial charge in [0.05, 0.1) is 0 Å². The Morgan fingerprint density at radius 1 is 1.50 bits per heavy atom. The normalized spacial score (nSPS) is 15.2. The molecule has 2 nitrogen and oxygen atoms in total. The second-order valence-electron chi connectivity index (χ2n) is 2.97. The number of halogens is 1. The molecule has 0 radical (unpaired) electrons. The average molecular weight is 227 g/mol. The number of fused-ring (bicyclic) bond motifs is 1. The Balaban J connectivity index is 2.50. The van der Waals surface area contributed by atoms with E-state index in [2.05, 4.69) is 51.2 Å². The molecular formula is C9H11BrN2. The Labute approximate surface area is 80.4 Å². The molecule has 1 N–H and O–H groups in total. The van der Waals surface area contributed by atoms with E-state index < -0.39 is 0 Å². The highest BCUT2D eigenvalue weighted by Gasteiger charge is 2.11. The number of anilines is 1. The molecule has 0 bridgehead atoms. The summed E-state index contributed by atoms with van der Waals surface area (Å²) in [6, 6.07) is 0. The van der Waals surface area contributed by atoms with Gasteiger partial charge in [-0.1, -0.05) is 12.2 Å². The smallest absolute Gasteiger partial charge is 0.110 e. The van der Waals surface area contributed by atoms with Crippen LogP contribution in [0, 0.1) is 0 Å². The van der Waals surface area contributed by atoms with Crippen molar-refractivity contribution in [3.63, 3.8) is 0 Å². The summed E-state index contributed by atoms with van der Waals surface area (Å²) in [5.41, 5.74) is 1.35. The zero-order valence-electron chi connectivity index (χ0n) is 6.97. The van der Waals surface area contributed by atoms with Gasteiger partial charge in [0.1, 0.15) is 5.82 Å². The van der Waals surface area contributed by atoms with Gasteiger partial charge in [-0.3, -0.25) is 0 Å². The molecular weight excluding hydrogens is 216 g/mol. The maximum Gasteiger partial charge on any atom is 0.110 e. The number of allylic oxidation sites excluding steroid dienone is 1. The van der Waals surface area contributed by atoms with Crippen LogP contribution in [0.3, 0.4) is 0 Å². The lowest BCUT2D eigenvalue weighted by Crippen LogP contribution is -2.02. The number of hydrogen-bond donors (Lipinski definition) is 1. The van der Waals surface area contributed by atoms with Crippen LogP contribution in [0.15, 0.2) is 22.8 Å². The van der Waals surface area contributed by atoms with E-state index >= 15 is 0 Å². The Morgan fingerprint density at radius 2 is 2.33 bits per heavy atom. The van der Waals surface area contributed by atoms with E-state index in [1.54, 1.807) is 0 Å². The molecule has 0 fully saturated rings. The topological polar surface area (TPSA) is 17.0 Å². The predicted octanol–water partition coefficient (Wildman–Crippen LogP) is 2.31. The van der Waals surface area contributed by atoms with Gasteiger partial charge in [0.15, 0.2) is 0 Å². The molecule has 0 aliphatic carbocycles. The standard InChI is InChI=1S/C9H11BrN2/c1-12-6-8(10)7-4-2-3-5-11-9(7)12/h2-3,6,11H,4-5H2,1H3. The first-order chi connectivity index (χ1) is 5.79. The van der Waals surface area contributed by atoms with Crippen molar-refractivity contribution in [1.29, 1.82) is 0 Å². The monoisotopic (exact) mass is 226 g/mol. The van der Waals surface area contributed by atoms with Crippen LogP contribution in [-0.2, 0) is 13.5 Å². The largest absolute Gasteiger partial charge is 0.368 e. The molecule has 0 aromatic carbocycles. The van der Waals surface area contributed by atoms with Crippen LogP contribution in [0.1, 0.15) is 5.56 Å². The fourth-order valence-corrected chi connectivity index (χ4v) is 2.16. The van der Waals surface area contributed by atoms with E-state index in [4.69, 9.17) is 0 Å². The lowest BCUT2D eigenvalue weighted by molar-refractivity contribution is 0.923. The molecule has 0 unspecified atom stereocenters. The van der Waals surface area contributed by atoms with Gasteiger partial charge in [0, 0.05) is 29.8 Å². The van der Waals surface area contributed by atoms with Crippen molar-refractivity contribution in [3.8, 4) is 0 Å². The summed E-state index contributed by atoms with van der Waals surface area (Å²) < 4.78 is 3.31. The molecule has 64 valence electrons. The van der Waals surface area contributed by atoms with Crippen molar-refractivity contribution >= 4 is 21.7 Å². The molecule has 0 spiro atoms. The van der Waals surface area contributed by atoms with E-state index in [0.29, 0.717) is 0 Å². The van der Waals surface area contributed by atoms with Crippen molar-refractivity contribution in [3.05, 3.63) is 28.4 Å². The van der Waals surface area contributed by atoms with Crippen LogP contribution >= 0.6 is 15.9 Å². The van der Waals surface area contributed by atoms with Crippen molar-refractivity contribution < 1.29 is 0 Å². The average Bonchev–Trinajstić information content (AvgIpc) is 2.29. The highest BCUT2D eigenvalue weighted by molar-refractivity contribution is 9.10. The Kier molecular flexibility index (Phi) is 1.97. The number of nitrogens with zero attached hydrogens (tertiary/aromatic N) is 1. The molecule has 1 aromatic rings. The number of rotatable bonds is 0. The van der Waals surface area contributed by atoms with Gasteiger partial charge in [-0.25, -0.2) is 0 Å². The van der Waals surface area contributed by atoms with Crippen molar-refractivity contribution in [2.75, 3.05) is 11.9 Å². The second-order valence-corrected chi connectivity index (χ2v) is 3.83. The third-order valence-corrected chi connectivity index (χ3v) is 2.79. The molecule has 0 amide bonds. The van der Waals surface area contributed by atoms with Crippen LogP contribution < -0.4 is 5.32 Å². The van der Waals surface area contributed by atoms with Crippen molar-refractivity contribution in [1.82, 2.24) is 4.57 Å². The Morgan fingerprint density at radius 3 is 3.17 bits per heavy atom. The lowest BCUT2D eigenvalue weighted by Gasteiger charge is -2.04. The van der Waals surface area contributed by atoms with E-state index in [0.717, 1.165) is 13.0 Å². The first-order valence-electron chi connectivity index (χ1n) is 4.01. The van der Waals surface area contributed by atoms with Crippen LogP contribution in [0.5, 0.6) is 0 Å². The van der Waals surface area contributed by atoms with E-state index in [-0.39, 0.29) is 0 Å². The molecule has 0 atom stereocenters.